The van der Waals surface area contributed by atoms with Gasteiger partial charge in [-0.05, 0) is 38.0 Å². The normalized spacial score (nSPS) is 10.3. The highest BCUT2D eigenvalue weighted by molar-refractivity contribution is 6.09. The van der Waals surface area contributed by atoms with Crippen LogP contribution in [0.5, 0.6) is 0 Å². The Morgan fingerprint density at radius 1 is 0.765 bits per heavy atom. The molecule has 0 aliphatic heterocycles. The van der Waals surface area contributed by atoms with Gasteiger partial charge >= 0.3 is 0 Å². The molecule has 0 unspecified atom stereocenters. The van der Waals surface area contributed by atoms with E-state index >= 15 is 0 Å². The Balaban J connectivity index is 2.37. The van der Waals surface area contributed by atoms with Crippen LogP contribution in [0, 0.1) is 20.8 Å². The molecule has 0 atom stereocenters. The van der Waals surface area contributed by atoms with E-state index in [1.165, 1.54) is 11.1 Å². The molecule has 0 bridgehead atoms. The van der Waals surface area contributed by atoms with E-state index in [0.29, 0.717) is 0 Å². The number of benzene rings is 2. The Labute approximate surface area is 102 Å². The minimum absolute atomic E-state index is 0.0908. The molecule has 0 saturated heterocycles. The lowest BCUT2D eigenvalue weighted by atomic mass is 9.99. The molecular formula is C16H16O. The summed E-state index contributed by atoms with van der Waals surface area (Å²) in [4.78, 5) is 12.2. The SMILES string of the molecule is Cc1ccc(C(=O)c2ccc(C)c(C)c2)cc1. The number of hydrogen-bond donors (Lipinski definition) is 0. The van der Waals surface area contributed by atoms with Crippen molar-refractivity contribution in [3.63, 3.8) is 0 Å². The number of aryl methyl sites for hydroxylation is 3. The molecule has 86 valence electrons. The molecule has 1 heteroatoms. The topological polar surface area (TPSA) is 17.1 Å². The summed E-state index contributed by atoms with van der Waals surface area (Å²) in [6.45, 7) is 6.10. The van der Waals surface area contributed by atoms with E-state index < -0.39 is 0 Å². The first kappa shape index (κ1) is 11.6. The van der Waals surface area contributed by atoms with Crippen molar-refractivity contribution in [3.8, 4) is 0 Å². The Morgan fingerprint density at radius 3 is 1.94 bits per heavy atom. The van der Waals surface area contributed by atoms with E-state index in [9.17, 15) is 4.79 Å². The van der Waals surface area contributed by atoms with Gasteiger partial charge in [-0.1, -0.05) is 42.0 Å². The predicted octanol–water partition coefficient (Wildman–Crippen LogP) is 3.84. The molecule has 0 radical (unpaired) electrons. The number of carbonyl (C=O) groups excluding carboxylic acids is 1. The van der Waals surface area contributed by atoms with Crippen LogP contribution >= 0.6 is 0 Å². The number of ketones is 1. The van der Waals surface area contributed by atoms with Crippen LogP contribution in [-0.4, -0.2) is 5.78 Å². The Morgan fingerprint density at radius 2 is 1.35 bits per heavy atom. The highest BCUT2D eigenvalue weighted by atomic mass is 16.1. The van der Waals surface area contributed by atoms with Gasteiger partial charge in [0, 0.05) is 11.1 Å². The molecule has 0 spiro atoms. The summed E-state index contributed by atoms with van der Waals surface area (Å²) in [7, 11) is 0. The number of hydrogen-bond acceptors (Lipinski definition) is 1. The maximum Gasteiger partial charge on any atom is 0.193 e. The minimum Gasteiger partial charge on any atom is -0.289 e. The molecule has 2 aromatic carbocycles. The van der Waals surface area contributed by atoms with Crippen LogP contribution in [0.25, 0.3) is 0 Å². The van der Waals surface area contributed by atoms with E-state index in [1.807, 2.05) is 56.3 Å². The minimum atomic E-state index is 0.0908. The number of rotatable bonds is 2. The van der Waals surface area contributed by atoms with Crippen LogP contribution in [0.1, 0.15) is 32.6 Å². The number of carbonyl (C=O) groups is 1. The van der Waals surface area contributed by atoms with E-state index in [4.69, 9.17) is 0 Å². The fraction of sp³-hybridized carbons (Fsp3) is 0.188. The molecule has 0 aliphatic rings. The average molecular weight is 224 g/mol. The van der Waals surface area contributed by atoms with Crippen molar-refractivity contribution in [2.45, 2.75) is 20.8 Å². The molecular weight excluding hydrogens is 208 g/mol. The third kappa shape index (κ3) is 2.44. The van der Waals surface area contributed by atoms with E-state index in [0.717, 1.165) is 16.7 Å². The zero-order chi connectivity index (χ0) is 12.4. The second kappa shape index (κ2) is 4.54. The molecule has 2 rings (SSSR count). The van der Waals surface area contributed by atoms with E-state index in [1.54, 1.807) is 0 Å². The van der Waals surface area contributed by atoms with Crippen molar-refractivity contribution in [3.05, 3.63) is 70.3 Å². The molecule has 0 saturated carbocycles. The highest BCUT2D eigenvalue weighted by Crippen LogP contribution is 2.14. The van der Waals surface area contributed by atoms with Crippen LogP contribution < -0.4 is 0 Å². The lowest BCUT2D eigenvalue weighted by Crippen LogP contribution is -2.01. The smallest absolute Gasteiger partial charge is 0.193 e. The Hall–Kier alpha value is -1.89. The van der Waals surface area contributed by atoms with Crippen molar-refractivity contribution < 1.29 is 4.79 Å². The fourth-order valence-corrected chi connectivity index (χ4v) is 1.75. The molecule has 0 fully saturated rings. The first-order chi connectivity index (χ1) is 8.08. The lowest BCUT2D eigenvalue weighted by Gasteiger charge is -2.05. The van der Waals surface area contributed by atoms with Gasteiger partial charge in [0.25, 0.3) is 0 Å². The molecule has 0 aliphatic carbocycles. The molecule has 0 aromatic heterocycles. The van der Waals surface area contributed by atoms with Gasteiger partial charge in [0.1, 0.15) is 0 Å². The quantitative estimate of drug-likeness (QED) is 0.708. The second-order valence-electron chi connectivity index (χ2n) is 4.49. The fourth-order valence-electron chi connectivity index (χ4n) is 1.75. The third-order valence-corrected chi connectivity index (χ3v) is 3.08. The zero-order valence-electron chi connectivity index (χ0n) is 10.4. The maximum absolute atomic E-state index is 12.2. The lowest BCUT2D eigenvalue weighted by molar-refractivity contribution is 0.103. The van der Waals surface area contributed by atoms with Crippen LogP contribution in [-0.2, 0) is 0 Å². The summed E-state index contributed by atoms with van der Waals surface area (Å²) >= 11 is 0. The maximum atomic E-state index is 12.2. The van der Waals surface area contributed by atoms with Crippen molar-refractivity contribution in [2.75, 3.05) is 0 Å². The van der Waals surface area contributed by atoms with Crippen molar-refractivity contribution >= 4 is 5.78 Å². The van der Waals surface area contributed by atoms with Crippen molar-refractivity contribution in [2.24, 2.45) is 0 Å². The van der Waals surface area contributed by atoms with Gasteiger partial charge in [0.05, 0.1) is 0 Å². The average Bonchev–Trinajstić information content (AvgIpc) is 2.33. The van der Waals surface area contributed by atoms with Crippen LogP contribution in [0.15, 0.2) is 42.5 Å². The summed E-state index contributed by atoms with van der Waals surface area (Å²) < 4.78 is 0. The molecule has 0 N–H and O–H groups in total. The first-order valence-corrected chi connectivity index (χ1v) is 5.76. The molecule has 0 heterocycles. The monoisotopic (exact) mass is 224 g/mol. The van der Waals surface area contributed by atoms with Crippen LogP contribution in [0.4, 0.5) is 0 Å². The molecule has 17 heavy (non-hydrogen) atoms. The van der Waals surface area contributed by atoms with E-state index in [-0.39, 0.29) is 5.78 Å². The summed E-state index contributed by atoms with van der Waals surface area (Å²) in [5.74, 6) is 0.0908. The largest absolute Gasteiger partial charge is 0.289 e. The Kier molecular flexibility index (Phi) is 3.10. The molecule has 0 amide bonds. The summed E-state index contributed by atoms with van der Waals surface area (Å²) in [6, 6.07) is 13.5. The summed E-state index contributed by atoms with van der Waals surface area (Å²) in [5.41, 5.74) is 5.05. The molecule has 2 aromatic rings. The van der Waals surface area contributed by atoms with Crippen molar-refractivity contribution in [1.29, 1.82) is 0 Å². The van der Waals surface area contributed by atoms with Gasteiger partial charge in [-0.25, -0.2) is 0 Å². The molecule has 1 nitrogen and oxygen atoms in total. The van der Waals surface area contributed by atoms with Crippen LogP contribution in [0.2, 0.25) is 0 Å². The van der Waals surface area contributed by atoms with Gasteiger partial charge in [0.2, 0.25) is 0 Å². The van der Waals surface area contributed by atoms with Gasteiger partial charge in [-0.2, -0.15) is 0 Å². The van der Waals surface area contributed by atoms with Crippen molar-refractivity contribution in [1.82, 2.24) is 0 Å². The van der Waals surface area contributed by atoms with Gasteiger partial charge in [0.15, 0.2) is 5.78 Å². The summed E-state index contributed by atoms with van der Waals surface area (Å²) in [6.07, 6.45) is 0. The van der Waals surface area contributed by atoms with E-state index in [2.05, 4.69) is 6.92 Å². The standard InChI is InChI=1S/C16H16O/c1-11-4-7-14(8-5-11)16(17)15-9-6-12(2)13(3)10-15/h4-10H,1-3H3. The van der Waals surface area contributed by atoms with Gasteiger partial charge in [-0.3, -0.25) is 4.79 Å². The van der Waals surface area contributed by atoms with Crippen LogP contribution in [0.3, 0.4) is 0 Å². The highest BCUT2D eigenvalue weighted by Gasteiger charge is 2.09. The van der Waals surface area contributed by atoms with Gasteiger partial charge in [-0.15, -0.1) is 0 Å². The van der Waals surface area contributed by atoms with Gasteiger partial charge < -0.3 is 0 Å². The summed E-state index contributed by atoms with van der Waals surface area (Å²) in [5, 5.41) is 0. The Bertz CT molecular complexity index is 550. The first-order valence-electron chi connectivity index (χ1n) is 5.76. The predicted molar refractivity (Wildman–Crippen MR) is 70.5 cm³/mol. The zero-order valence-corrected chi connectivity index (χ0v) is 10.4. The second-order valence-corrected chi connectivity index (χ2v) is 4.49. The third-order valence-electron chi connectivity index (χ3n) is 3.08.